The largest absolute Gasteiger partial charge is 0.468 e. The monoisotopic (exact) mass is 559 g/mol. The minimum atomic E-state index is -0.921. The Morgan fingerprint density at radius 1 is 1.11 bits per heavy atom. The van der Waals surface area contributed by atoms with E-state index in [0.717, 1.165) is 22.7 Å². The summed E-state index contributed by atoms with van der Waals surface area (Å²) in [5.74, 6) is -3.75. The quantitative estimate of drug-likeness (QED) is 0.163. The van der Waals surface area contributed by atoms with Crippen LogP contribution in [-0.2, 0) is 23.9 Å². The van der Waals surface area contributed by atoms with Gasteiger partial charge in [-0.2, -0.15) is 0 Å². The van der Waals surface area contributed by atoms with Gasteiger partial charge < -0.3 is 9.47 Å². The Hall–Kier alpha value is -3.43. The van der Waals surface area contributed by atoms with E-state index < -0.39 is 34.8 Å². The molecule has 7 nitrogen and oxygen atoms in total. The van der Waals surface area contributed by atoms with Crippen molar-refractivity contribution >= 4 is 52.8 Å². The van der Waals surface area contributed by atoms with Crippen molar-refractivity contribution in [3.8, 4) is 0 Å². The maximum absolute atomic E-state index is 15.4. The molecule has 0 radical (unpaired) electrons. The molecule has 0 heterocycles. The zero-order valence-electron chi connectivity index (χ0n) is 21.0. The Morgan fingerprint density at radius 2 is 1.76 bits per heavy atom. The number of rotatable bonds is 9. The van der Waals surface area contributed by atoms with Crippen LogP contribution in [0.2, 0.25) is 5.02 Å². The molecule has 0 fully saturated rings. The van der Waals surface area contributed by atoms with Gasteiger partial charge in [0, 0.05) is 21.6 Å². The number of ether oxygens (including phenoxy) is 2. The number of nitrogens with zero attached hydrogens (tertiary/aromatic N) is 1. The average Bonchev–Trinajstić information content (AvgIpc) is 2.93. The number of amides is 2. The van der Waals surface area contributed by atoms with Crippen LogP contribution in [-0.4, -0.2) is 42.7 Å². The van der Waals surface area contributed by atoms with Crippen molar-refractivity contribution in [2.45, 2.75) is 42.8 Å². The van der Waals surface area contributed by atoms with Crippen LogP contribution in [0, 0.1) is 5.82 Å². The Bertz CT molecular complexity index is 1280. The van der Waals surface area contributed by atoms with Crippen LogP contribution in [0.3, 0.4) is 0 Å². The fraction of sp³-hybridized carbons (Fsp3) is 0.286. The smallest absolute Gasteiger partial charge is 0.334 e. The number of thioether (sulfide) groups is 1. The van der Waals surface area contributed by atoms with Crippen molar-refractivity contribution in [3.05, 3.63) is 82.7 Å². The van der Waals surface area contributed by atoms with E-state index in [9.17, 15) is 19.2 Å². The topological polar surface area (TPSA) is 90.0 Å². The molecule has 0 aliphatic heterocycles. The molecule has 2 aromatic carbocycles. The summed E-state index contributed by atoms with van der Waals surface area (Å²) < 4.78 is 25.3. The van der Waals surface area contributed by atoms with Gasteiger partial charge in [0.25, 0.3) is 11.8 Å². The lowest BCUT2D eigenvalue weighted by molar-refractivity contribution is -0.140. The van der Waals surface area contributed by atoms with Gasteiger partial charge in [-0.1, -0.05) is 42.5 Å². The highest BCUT2D eigenvalue weighted by Gasteiger charge is 2.34. The third-order valence-electron chi connectivity index (χ3n) is 5.81. The molecule has 1 atom stereocenters. The molecule has 0 N–H and O–H groups in total. The molecule has 0 saturated heterocycles. The number of carbonyl (C=O) groups is 4. The normalized spacial score (nSPS) is 13.9. The molecule has 10 heteroatoms. The molecule has 200 valence electrons. The van der Waals surface area contributed by atoms with Gasteiger partial charge in [-0.05, 0) is 56.9 Å². The minimum Gasteiger partial charge on any atom is -0.468 e. The van der Waals surface area contributed by atoms with Gasteiger partial charge in [0.1, 0.15) is 17.7 Å². The van der Waals surface area contributed by atoms with E-state index in [2.05, 4.69) is 6.58 Å². The summed E-state index contributed by atoms with van der Waals surface area (Å²) in [6.07, 6.45) is 3.17. The molecule has 38 heavy (non-hydrogen) atoms. The molecule has 0 bridgehead atoms. The zero-order chi connectivity index (χ0) is 27.8. The highest BCUT2D eigenvalue weighted by atomic mass is 35.5. The van der Waals surface area contributed by atoms with Crippen molar-refractivity contribution in [2.75, 3.05) is 18.6 Å². The Morgan fingerprint density at radius 3 is 2.39 bits per heavy atom. The van der Waals surface area contributed by atoms with Crippen molar-refractivity contribution in [1.29, 1.82) is 0 Å². The standard InChI is InChI=1S/C28H27ClFNO6S/c1-4-14-37-28(35)20-13-9-8-12-19(20)26(33)31(25(32)18-10-6-5-7-11-18)23-16-24(21(29)15-22(23)30)38-17(2)27(34)36-3/h4-7,10-11,15-17H,1,8-9,12-14H2,2-3H3. The van der Waals surface area contributed by atoms with Crippen molar-refractivity contribution in [3.63, 3.8) is 0 Å². The van der Waals surface area contributed by atoms with Crippen molar-refractivity contribution < 1.29 is 33.0 Å². The van der Waals surface area contributed by atoms with Gasteiger partial charge in [-0.25, -0.2) is 14.1 Å². The lowest BCUT2D eigenvalue weighted by Crippen LogP contribution is -2.40. The first-order valence-electron chi connectivity index (χ1n) is 11.9. The lowest BCUT2D eigenvalue weighted by atomic mass is 9.90. The molecular weight excluding hydrogens is 533 g/mol. The number of hydrogen-bond donors (Lipinski definition) is 0. The number of benzene rings is 2. The fourth-order valence-electron chi connectivity index (χ4n) is 3.93. The molecular formula is C28H27ClFNO6S. The minimum absolute atomic E-state index is 0.00265. The zero-order valence-corrected chi connectivity index (χ0v) is 22.6. The van der Waals surface area contributed by atoms with E-state index in [1.807, 2.05) is 0 Å². The second kappa shape index (κ2) is 13.4. The van der Waals surface area contributed by atoms with Crippen LogP contribution in [0.25, 0.3) is 0 Å². The average molecular weight is 560 g/mol. The predicted molar refractivity (Wildman–Crippen MR) is 144 cm³/mol. The van der Waals surface area contributed by atoms with E-state index in [4.69, 9.17) is 21.1 Å². The maximum atomic E-state index is 15.4. The number of carbonyl (C=O) groups excluding carboxylic acids is 4. The maximum Gasteiger partial charge on any atom is 0.334 e. The molecule has 0 spiro atoms. The molecule has 1 aliphatic rings. The van der Waals surface area contributed by atoms with Crippen molar-refractivity contribution in [1.82, 2.24) is 0 Å². The third-order valence-corrected chi connectivity index (χ3v) is 7.37. The van der Waals surface area contributed by atoms with Gasteiger partial charge in [0.15, 0.2) is 0 Å². The van der Waals surface area contributed by atoms with E-state index in [1.165, 1.54) is 31.4 Å². The highest BCUT2D eigenvalue weighted by molar-refractivity contribution is 8.00. The molecule has 3 rings (SSSR count). The van der Waals surface area contributed by atoms with Gasteiger partial charge in [-0.3, -0.25) is 14.4 Å². The van der Waals surface area contributed by atoms with Crippen LogP contribution < -0.4 is 4.90 Å². The molecule has 2 aromatic rings. The van der Waals surface area contributed by atoms with Crippen LogP contribution in [0.5, 0.6) is 0 Å². The number of halogens is 2. The second-order valence-electron chi connectivity index (χ2n) is 8.38. The highest BCUT2D eigenvalue weighted by Crippen LogP contribution is 2.38. The van der Waals surface area contributed by atoms with Crippen LogP contribution in [0.15, 0.2) is 71.2 Å². The first kappa shape index (κ1) is 29.1. The SMILES string of the molecule is C=CCOC(=O)C1=C(C(=O)N(C(=O)c2ccccc2)c2cc(SC(C)C(=O)OC)c(Cl)cc2F)CCCC1. The predicted octanol–water partition coefficient (Wildman–Crippen LogP) is 5.91. The van der Waals surface area contributed by atoms with Gasteiger partial charge >= 0.3 is 11.9 Å². The second-order valence-corrected chi connectivity index (χ2v) is 10.2. The summed E-state index contributed by atoms with van der Waals surface area (Å²) in [4.78, 5) is 53.3. The van der Waals surface area contributed by atoms with E-state index >= 15 is 4.39 Å². The number of imide groups is 1. The van der Waals surface area contributed by atoms with Crippen molar-refractivity contribution in [2.24, 2.45) is 0 Å². The van der Waals surface area contributed by atoms with Gasteiger partial charge in [0.2, 0.25) is 0 Å². The summed E-state index contributed by atoms with van der Waals surface area (Å²) in [5, 5.41) is -0.700. The van der Waals surface area contributed by atoms with Gasteiger partial charge in [0.05, 0.1) is 17.8 Å². The Balaban J connectivity index is 2.16. The molecule has 1 unspecified atom stereocenters. The summed E-state index contributed by atoms with van der Waals surface area (Å²) >= 11 is 7.25. The summed E-state index contributed by atoms with van der Waals surface area (Å²) in [5.41, 5.74) is 0.0162. The molecule has 1 aliphatic carbocycles. The van der Waals surface area contributed by atoms with E-state index in [-0.39, 0.29) is 51.8 Å². The number of methoxy groups -OCH3 is 1. The molecule has 2 amide bonds. The number of hydrogen-bond acceptors (Lipinski definition) is 7. The van der Waals surface area contributed by atoms with E-state index in [0.29, 0.717) is 12.8 Å². The van der Waals surface area contributed by atoms with Crippen LogP contribution in [0.4, 0.5) is 10.1 Å². The Kier molecular flexibility index (Phi) is 10.3. The fourth-order valence-corrected chi connectivity index (χ4v) is 5.14. The van der Waals surface area contributed by atoms with Crippen LogP contribution >= 0.6 is 23.4 Å². The lowest BCUT2D eigenvalue weighted by Gasteiger charge is -2.27. The first-order valence-corrected chi connectivity index (χ1v) is 13.1. The van der Waals surface area contributed by atoms with Crippen LogP contribution in [0.1, 0.15) is 43.0 Å². The number of anilines is 1. The summed E-state index contributed by atoms with van der Waals surface area (Å²) in [6, 6.07) is 10.2. The van der Waals surface area contributed by atoms with E-state index in [1.54, 1.807) is 25.1 Å². The first-order chi connectivity index (χ1) is 18.2. The Labute approximate surface area is 229 Å². The van der Waals surface area contributed by atoms with Gasteiger partial charge in [-0.15, -0.1) is 11.8 Å². The summed E-state index contributed by atoms with van der Waals surface area (Å²) in [7, 11) is 1.24. The number of esters is 2. The molecule has 0 aromatic heterocycles. The third kappa shape index (κ3) is 6.71. The summed E-state index contributed by atoms with van der Waals surface area (Å²) in [6.45, 7) is 5.07. The molecule has 0 saturated carbocycles.